The lowest BCUT2D eigenvalue weighted by atomic mass is 9.84. The summed E-state index contributed by atoms with van der Waals surface area (Å²) >= 11 is 0. The molecule has 0 saturated heterocycles. The topological polar surface area (TPSA) is 17.1 Å². The first-order valence-corrected chi connectivity index (χ1v) is 7.17. The fourth-order valence-electron chi connectivity index (χ4n) is 2.42. The van der Waals surface area contributed by atoms with Gasteiger partial charge in [0.15, 0.2) is 52.6 Å². The van der Waals surface area contributed by atoms with E-state index in [1.165, 1.54) is 0 Å². The number of hydrogen-bond donors (Lipinski definition) is 0. The minimum absolute atomic E-state index is 0.0915. The lowest BCUT2D eigenvalue weighted by molar-refractivity contribution is -0.113. The second-order valence-electron chi connectivity index (χ2n) is 5.78. The van der Waals surface area contributed by atoms with Crippen LogP contribution in [0.5, 0.6) is 0 Å². The fraction of sp³-hybridized carbons (Fsp3) is 0.235. The number of carbonyl (C=O) groups is 1. The van der Waals surface area contributed by atoms with Gasteiger partial charge in [0.1, 0.15) is 5.82 Å². The molecule has 1 aliphatic carbocycles. The van der Waals surface area contributed by atoms with Gasteiger partial charge in [-0.1, -0.05) is 0 Å². The summed E-state index contributed by atoms with van der Waals surface area (Å²) in [5, 5.41) is 0. The molecule has 2 rings (SSSR count). The molecule has 2 unspecified atom stereocenters. The van der Waals surface area contributed by atoms with E-state index in [4.69, 9.17) is 0 Å². The number of rotatable bonds is 3. The normalized spacial score (nSPS) is 23.6. The Morgan fingerprint density at radius 3 is 2.04 bits per heavy atom. The minimum Gasteiger partial charge on any atom is -0.289 e. The third-order valence-corrected chi connectivity index (χ3v) is 3.97. The van der Waals surface area contributed by atoms with Crippen LogP contribution in [0.2, 0.25) is 0 Å². The summed E-state index contributed by atoms with van der Waals surface area (Å²) in [4.78, 5) is 11.9. The molecular weight excluding hydrogens is 391 g/mol. The first kappa shape index (κ1) is 20.8. The first-order valence-electron chi connectivity index (χ1n) is 7.17. The molecule has 27 heavy (non-hydrogen) atoms. The lowest BCUT2D eigenvalue weighted by Gasteiger charge is -2.29. The molecule has 1 nitrogen and oxygen atoms in total. The zero-order valence-corrected chi connectivity index (χ0v) is 13.5. The Balaban J connectivity index is 2.56. The van der Waals surface area contributed by atoms with Crippen LogP contribution in [0, 0.1) is 30.2 Å². The molecule has 0 fully saturated rings. The van der Waals surface area contributed by atoms with Gasteiger partial charge in [0, 0.05) is 11.1 Å². The standard InChI is InChI=1S/C17H9F9O/c1-5-9(18)6(11(20)13(22)10(5)19)3-4-7(27)8-12(21)14(23)15(24)16(25)17(8,2)26/h3-4,16H,1-2H3/b4-3+. The van der Waals surface area contributed by atoms with Crippen molar-refractivity contribution in [1.29, 1.82) is 0 Å². The summed E-state index contributed by atoms with van der Waals surface area (Å²) in [6.45, 7) is 1.01. The molecule has 0 spiro atoms. The van der Waals surface area contributed by atoms with E-state index in [1.807, 2.05) is 0 Å². The van der Waals surface area contributed by atoms with E-state index in [0.717, 1.165) is 6.92 Å². The number of hydrogen-bond acceptors (Lipinski definition) is 1. The molecule has 0 radical (unpaired) electrons. The van der Waals surface area contributed by atoms with E-state index in [-0.39, 0.29) is 19.1 Å². The molecule has 0 heterocycles. The van der Waals surface area contributed by atoms with Gasteiger partial charge in [-0.3, -0.25) is 4.79 Å². The van der Waals surface area contributed by atoms with Crippen molar-refractivity contribution in [2.24, 2.45) is 0 Å². The van der Waals surface area contributed by atoms with Crippen LogP contribution in [0.1, 0.15) is 18.1 Å². The molecule has 2 atom stereocenters. The van der Waals surface area contributed by atoms with Crippen molar-refractivity contribution in [3.63, 3.8) is 0 Å². The monoisotopic (exact) mass is 400 g/mol. The van der Waals surface area contributed by atoms with Crippen molar-refractivity contribution >= 4 is 11.9 Å². The molecular formula is C17H9F9O. The molecule has 0 aromatic heterocycles. The lowest BCUT2D eigenvalue weighted by Crippen LogP contribution is -2.40. The van der Waals surface area contributed by atoms with Crippen LogP contribution in [0.4, 0.5) is 39.5 Å². The fourth-order valence-corrected chi connectivity index (χ4v) is 2.42. The number of benzene rings is 1. The van der Waals surface area contributed by atoms with Crippen molar-refractivity contribution in [2.75, 3.05) is 0 Å². The van der Waals surface area contributed by atoms with Crippen molar-refractivity contribution < 1.29 is 44.3 Å². The molecule has 1 aromatic rings. The van der Waals surface area contributed by atoms with Gasteiger partial charge in [-0.15, -0.1) is 0 Å². The zero-order chi connectivity index (χ0) is 20.8. The van der Waals surface area contributed by atoms with Gasteiger partial charge >= 0.3 is 0 Å². The van der Waals surface area contributed by atoms with Crippen molar-refractivity contribution in [3.8, 4) is 0 Å². The van der Waals surface area contributed by atoms with Crippen molar-refractivity contribution in [1.82, 2.24) is 0 Å². The largest absolute Gasteiger partial charge is 0.289 e. The maximum absolute atomic E-state index is 14.3. The van der Waals surface area contributed by atoms with E-state index < -0.39 is 75.1 Å². The third-order valence-electron chi connectivity index (χ3n) is 3.97. The Labute approximate surface area is 146 Å². The molecule has 0 N–H and O–H groups in total. The Bertz CT molecular complexity index is 896. The third kappa shape index (κ3) is 3.17. The highest BCUT2D eigenvalue weighted by molar-refractivity contribution is 6.08. The predicted octanol–water partition coefficient (Wildman–Crippen LogP) is 5.59. The van der Waals surface area contributed by atoms with E-state index in [9.17, 15) is 44.3 Å². The van der Waals surface area contributed by atoms with Gasteiger partial charge < -0.3 is 0 Å². The zero-order valence-electron chi connectivity index (χ0n) is 13.5. The Morgan fingerprint density at radius 1 is 0.926 bits per heavy atom. The van der Waals surface area contributed by atoms with Crippen molar-refractivity contribution in [3.05, 3.63) is 63.5 Å². The van der Waals surface area contributed by atoms with Crippen LogP contribution in [0.3, 0.4) is 0 Å². The predicted molar refractivity (Wildman–Crippen MR) is 76.8 cm³/mol. The average Bonchev–Trinajstić information content (AvgIpc) is 2.61. The number of ketones is 1. The number of alkyl halides is 2. The summed E-state index contributed by atoms with van der Waals surface area (Å²) in [6, 6.07) is 0. The number of carbonyl (C=O) groups excluding carboxylic acids is 1. The summed E-state index contributed by atoms with van der Waals surface area (Å²) < 4.78 is 122. The smallest absolute Gasteiger partial charge is 0.195 e. The van der Waals surface area contributed by atoms with Gasteiger partial charge in [0.2, 0.25) is 0 Å². The Hall–Kier alpha value is -2.52. The highest BCUT2D eigenvalue weighted by Crippen LogP contribution is 2.44. The summed E-state index contributed by atoms with van der Waals surface area (Å²) in [5.74, 6) is -16.5. The van der Waals surface area contributed by atoms with Gasteiger partial charge in [-0.25, -0.2) is 39.5 Å². The van der Waals surface area contributed by atoms with Crippen LogP contribution in [-0.2, 0) is 4.79 Å². The van der Waals surface area contributed by atoms with Crippen LogP contribution in [0.25, 0.3) is 6.08 Å². The molecule has 1 aliphatic rings. The summed E-state index contributed by atoms with van der Waals surface area (Å²) in [7, 11) is 0. The van der Waals surface area contributed by atoms with Crippen LogP contribution < -0.4 is 0 Å². The Morgan fingerprint density at radius 2 is 1.48 bits per heavy atom. The summed E-state index contributed by atoms with van der Waals surface area (Å²) in [6.07, 6.45) is -3.05. The molecule has 0 saturated carbocycles. The Kier molecular flexibility index (Phi) is 5.31. The molecule has 1 aromatic carbocycles. The molecule has 0 amide bonds. The van der Waals surface area contributed by atoms with Crippen LogP contribution >= 0.6 is 0 Å². The minimum atomic E-state index is -3.63. The molecule has 0 aliphatic heterocycles. The SMILES string of the molecule is Cc1c(F)c(F)c(F)c(/C=C/C(=O)C2=C(F)C(F)=C(F)C(F)C2(C)F)c1F. The van der Waals surface area contributed by atoms with Gasteiger partial charge in [0.25, 0.3) is 0 Å². The molecule has 10 heteroatoms. The van der Waals surface area contributed by atoms with E-state index in [0.29, 0.717) is 0 Å². The van der Waals surface area contributed by atoms with E-state index in [1.54, 1.807) is 0 Å². The molecule has 146 valence electrons. The second-order valence-corrected chi connectivity index (χ2v) is 5.78. The highest BCUT2D eigenvalue weighted by Gasteiger charge is 2.51. The molecule has 0 bridgehead atoms. The average molecular weight is 400 g/mol. The summed E-state index contributed by atoms with van der Waals surface area (Å²) in [5.41, 5.74) is -7.62. The maximum Gasteiger partial charge on any atom is 0.195 e. The van der Waals surface area contributed by atoms with Crippen LogP contribution in [-0.4, -0.2) is 17.6 Å². The highest BCUT2D eigenvalue weighted by atomic mass is 19.2. The quantitative estimate of drug-likeness (QED) is 0.280. The maximum atomic E-state index is 14.3. The van der Waals surface area contributed by atoms with E-state index >= 15 is 0 Å². The van der Waals surface area contributed by atoms with Crippen molar-refractivity contribution in [2.45, 2.75) is 25.7 Å². The van der Waals surface area contributed by atoms with Crippen LogP contribution in [0.15, 0.2) is 29.1 Å². The van der Waals surface area contributed by atoms with Gasteiger partial charge in [-0.05, 0) is 26.0 Å². The van der Waals surface area contributed by atoms with Gasteiger partial charge in [0.05, 0.1) is 5.57 Å². The number of halogens is 9. The van der Waals surface area contributed by atoms with E-state index in [2.05, 4.69) is 0 Å². The second kappa shape index (κ2) is 6.90. The first-order chi connectivity index (χ1) is 12.3. The van der Waals surface area contributed by atoms with Gasteiger partial charge in [-0.2, -0.15) is 0 Å². The number of allylic oxidation sites excluding steroid dienone is 5.